The van der Waals surface area contributed by atoms with Crippen molar-refractivity contribution in [3.63, 3.8) is 0 Å². The third kappa shape index (κ3) is 6.57. The van der Waals surface area contributed by atoms with Gasteiger partial charge in [0.1, 0.15) is 6.07 Å². The first-order chi connectivity index (χ1) is 15.8. The van der Waals surface area contributed by atoms with E-state index in [0.717, 1.165) is 12.1 Å². The van der Waals surface area contributed by atoms with Crippen molar-refractivity contribution in [2.45, 2.75) is 20.8 Å². The monoisotopic (exact) mass is 457 g/mol. The summed E-state index contributed by atoms with van der Waals surface area (Å²) in [5, 5.41) is 22.4. The predicted molar refractivity (Wildman–Crippen MR) is 117 cm³/mol. The van der Waals surface area contributed by atoms with Gasteiger partial charge in [-0.25, -0.2) is 4.79 Å². The molecule has 0 aliphatic rings. The second kappa shape index (κ2) is 11.9. The smallest absolute Gasteiger partial charge is 0.338 e. The van der Waals surface area contributed by atoms with Crippen LogP contribution in [0.2, 0.25) is 0 Å². The molecule has 0 radical (unpaired) electrons. The molecular weight excluding hydrogens is 434 g/mol. The van der Waals surface area contributed by atoms with Gasteiger partial charge in [0, 0.05) is 12.1 Å². The molecule has 0 saturated carbocycles. The molecule has 0 aliphatic carbocycles. The van der Waals surface area contributed by atoms with E-state index in [4.69, 9.17) is 24.2 Å². The maximum absolute atomic E-state index is 12.5. The van der Waals surface area contributed by atoms with Gasteiger partial charge < -0.3 is 24.3 Å². The quantitative estimate of drug-likeness (QED) is 0.304. The van der Waals surface area contributed by atoms with Crippen molar-refractivity contribution in [1.29, 1.82) is 5.26 Å². The number of rotatable bonds is 11. The lowest BCUT2D eigenvalue weighted by Gasteiger charge is -2.16. The number of nitrogens with one attached hydrogen (secondary N) is 1. The summed E-state index contributed by atoms with van der Waals surface area (Å²) in [6.45, 7) is 5.71. The fourth-order valence-corrected chi connectivity index (χ4v) is 2.75. The van der Waals surface area contributed by atoms with E-state index in [9.17, 15) is 19.7 Å². The summed E-state index contributed by atoms with van der Waals surface area (Å²) in [4.78, 5) is 34.9. The highest BCUT2D eigenvalue weighted by molar-refractivity contribution is 5.97. The lowest BCUT2D eigenvalue weighted by atomic mass is 10.1. The number of nitro groups is 1. The van der Waals surface area contributed by atoms with Crippen molar-refractivity contribution in [2.75, 3.05) is 31.7 Å². The van der Waals surface area contributed by atoms with Crippen LogP contribution in [0.3, 0.4) is 0 Å². The molecule has 0 heterocycles. The van der Waals surface area contributed by atoms with Crippen molar-refractivity contribution in [2.24, 2.45) is 0 Å². The van der Waals surface area contributed by atoms with Crippen LogP contribution in [0.15, 0.2) is 30.3 Å². The van der Waals surface area contributed by atoms with E-state index >= 15 is 0 Å². The number of hydrogen-bond acceptors (Lipinski definition) is 9. The highest BCUT2D eigenvalue weighted by atomic mass is 16.6. The topological polar surface area (TPSA) is 150 Å². The molecule has 0 unspecified atom stereocenters. The van der Waals surface area contributed by atoms with Crippen LogP contribution in [-0.4, -0.2) is 43.2 Å². The van der Waals surface area contributed by atoms with Crippen LogP contribution in [0.1, 0.15) is 36.7 Å². The number of nitrogens with zero attached hydrogens (tertiary/aromatic N) is 2. The first-order valence-electron chi connectivity index (χ1n) is 10.1. The molecular formula is C22H23N3O8. The second-order valence-electron chi connectivity index (χ2n) is 6.32. The van der Waals surface area contributed by atoms with E-state index in [1.165, 1.54) is 18.2 Å². The Balaban J connectivity index is 2.14. The Hall–Kier alpha value is -4.33. The summed E-state index contributed by atoms with van der Waals surface area (Å²) in [5.74, 6) is -0.579. The standard InChI is InChI=1S/C22H23N3O8/c1-4-30-18-10-14(11-19(31-5-2)21(18)32-6-3)22(27)33-13-20(26)24-17-8-7-16(25(28)29)9-15(17)12-23/h7-11H,4-6,13H2,1-3H3,(H,24,26). The van der Waals surface area contributed by atoms with E-state index in [-0.39, 0.29) is 22.5 Å². The predicted octanol–water partition coefficient (Wildman–Crippen LogP) is 3.46. The molecule has 33 heavy (non-hydrogen) atoms. The van der Waals surface area contributed by atoms with Crippen molar-refractivity contribution in [1.82, 2.24) is 0 Å². The van der Waals surface area contributed by atoms with Crippen molar-refractivity contribution >= 4 is 23.3 Å². The zero-order valence-electron chi connectivity index (χ0n) is 18.4. The van der Waals surface area contributed by atoms with Gasteiger partial charge in [-0.3, -0.25) is 14.9 Å². The fourth-order valence-electron chi connectivity index (χ4n) is 2.75. The lowest BCUT2D eigenvalue weighted by molar-refractivity contribution is -0.384. The minimum absolute atomic E-state index is 0.0579. The molecule has 0 spiro atoms. The van der Waals surface area contributed by atoms with Gasteiger partial charge in [-0.1, -0.05) is 0 Å². The SMILES string of the molecule is CCOc1cc(C(=O)OCC(=O)Nc2ccc([N+](=O)[O-])cc2C#N)cc(OCC)c1OCC. The molecule has 1 amide bonds. The summed E-state index contributed by atoms with van der Waals surface area (Å²) in [6, 6.07) is 8.04. The van der Waals surface area contributed by atoms with Crippen molar-refractivity contribution in [3.05, 3.63) is 51.6 Å². The van der Waals surface area contributed by atoms with E-state index in [1.807, 2.05) is 0 Å². The van der Waals surface area contributed by atoms with Gasteiger partial charge >= 0.3 is 5.97 Å². The average molecular weight is 457 g/mol. The van der Waals surface area contributed by atoms with Gasteiger partial charge in [0.05, 0.1) is 41.6 Å². The maximum Gasteiger partial charge on any atom is 0.338 e. The Kier molecular flexibility index (Phi) is 8.99. The normalized spacial score (nSPS) is 10.0. The highest BCUT2D eigenvalue weighted by Crippen LogP contribution is 2.39. The van der Waals surface area contributed by atoms with Crippen LogP contribution in [0.5, 0.6) is 17.2 Å². The third-order valence-corrected chi connectivity index (χ3v) is 4.09. The van der Waals surface area contributed by atoms with Crippen LogP contribution in [0.25, 0.3) is 0 Å². The van der Waals surface area contributed by atoms with Crippen molar-refractivity contribution in [3.8, 4) is 23.3 Å². The molecule has 11 nitrogen and oxygen atoms in total. The van der Waals surface area contributed by atoms with Crippen LogP contribution >= 0.6 is 0 Å². The summed E-state index contributed by atoms with van der Waals surface area (Å²) in [7, 11) is 0. The van der Waals surface area contributed by atoms with E-state index in [0.29, 0.717) is 37.1 Å². The van der Waals surface area contributed by atoms with Gasteiger partial charge in [0.15, 0.2) is 18.1 Å². The largest absolute Gasteiger partial charge is 0.490 e. The molecule has 0 saturated heterocycles. The summed E-state index contributed by atoms with van der Waals surface area (Å²) < 4.78 is 21.8. The van der Waals surface area contributed by atoms with Gasteiger partial charge in [-0.15, -0.1) is 0 Å². The number of esters is 1. The van der Waals surface area contributed by atoms with Crippen LogP contribution in [-0.2, 0) is 9.53 Å². The van der Waals surface area contributed by atoms with Crippen LogP contribution < -0.4 is 19.5 Å². The molecule has 0 aromatic heterocycles. The number of nitro benzene ring substituents is 1. The summed E-state index contributed by atoms with van der Waals surface area (Å²) in [6.07, 6.45) is 0. The molecule has 174 valence electrons. The van der Waals surface area contributed by atoms with E-state index in [1.54, 1.807) is 26.8 Å². The number of nitriles is 1. The Bertz CT molecular complexity index is 1050. The summed E-state index contributed by atoms with van der Waals surface area (Å²) in [5.41, 5.74) is -0.242. The van der Waals surface area contributed by atoms with Gasteiger partial charge in [-0.2, -0.15) is 5.26 Å². The Morgan fingerprint density at radius 2 is 1.64 bits per heavy atom. The minimum atomic E-state index is -0.806. The third-order valence-electron chi connectivity index (χ3n) is 4.09. The Morgan fingerprint density at radius 3 is 2.15 bits per heavy atom. The van der Waals surface area contributed by atoms with Crippen LogP contribution in [0.4, 0.5) is 11.4 Å². The van der Waals surface area contributed by atoms with Gasteiger partial charge in [0.25, 0.3) is 11.6 Å². The molecule has 1 N–H and O–H groups in total. The second-order valence-corrected chi connectivity index (χ2v) is 6.32. The number of carbonyl (C=O) groups is 2. The first-order valence-corrected chi connectivity index (χ1v) is 10.1. The number of benzene rings is 2. The molecule has 2 rings (SSSR count). The average Bonchev–Trinajstić information content (AvgIpc) is 2.79. The van der Waals surface area contributed by atoms with E-state index < -0.39 is 23.4 Å². The Morgan fingerprint density at radius 1 is 1.03 bits per heavy atom. The molecule has 0 aliphatic heterocycles. The zero-order chi connectivity index (χ0) is 24.4. The molecule has 11 heteroatoms. The Labute approximate surface area is 190 Å². The van der Waals surface area contributed by atoms with Crippen molar-refractivity contribution < 1.29 is 33.5 Å². The van der Waals surface area contributed by atoms with Gasteiger partial charge in [-0.05, 0) is 39.0 Å². The lowest BCUT2D eigenvalue weighted by Crippen LogP contribution is -2.21. The minimum Gasteiger partial charge on any atom is -0.490 e. The molecule has 2 aromatic carbocycles. The number of amides is 1. The number of non-ortho nitro benzene ring substituents is 1. The molecule has 0 bridgehead atoms. The number of carbonyl (C=O) groups excluding carboxylic acids is 2. The van der Waals surface area contributed by atoms with Crippen LogP contribution in [0, 0.1) is 21.4 Å². The fraction of sp³-hybridized carbons (Fsp3) is 0.318. The number of hydrogen-bond donors (Lipinski definition) is 1. The number of anilines is 1. The number of ether oxygens (including phenoxy) is 4. The van der Waals surface area contributed by atoms with Gasteiger partial charge in [0.2, 0.25) is 5.75 Å². The highest BCUT2D eigenvalue weighted by Gasteiger charge is 2.20. The zero-order valence-corrected chi connectivity index (χ0v) is 18.4. The van der Waals surface area contributed by atoms with E-state index in [2.05, 4.69) is 5.32 Å². The maximum atomic E-state index is 12.5. The summed E-state index contributed by atoms with van der Waals surface area (Å²) >= 11 is 0. The first kappa shape index (κ1) is 24.9. The molecule has 2 aromatic rings. The molecule has 0 fully saturated rings. The molecule has 0 atom stereocenters.